The van der Waals surface area contributed by atoms with Gasteiger partial charge in [0.15, 0.2) is 0 Å². The molecule has 1 unspecified atom stereocenters. The fourth-order valence-corrected chi connectivity index (χ4v) is 7.06. The minimum atomic E-state index is -4.31. The lowest BCUT2D eigenvalue weighted by atomic mass is 10.1. The van der Waals surface area contributed by atoms with Crippen molar-refractivity contribution in [3.05, 3.63) is 53.2 Å². The number of fused-ring (bicyclic) bond motifs is 1. The summed E-state index contributed by atoms with van der Waals surface area (Å²) in [5.74, 6) is -0.707. The second-order valence-electron chi connectivity index (χ2n) is 11.6. The van der Waals surface area contributed by atoms with Crippen molar-refractivity contribution in [3.8, 4) is 5.75 Å². The molecule has 260 valence electrons. The molecule has 2 heterocycles. The van der Waals surface area contributed by atoms with Crippen molar-refractivity contribution in [2.75, 3.05) is 39.3 Å². The van der Waals surface area contributed by atoms with E-state index in [9.17, 15) is 27.9 Å². The van der Waals surface area contributed by atoms with Crippen LogP contribution >= 0.6 is 0 Å². The van der Waals surface area contributed by atoms with E-state index < -0.39 is 34.5 Å². The Morgan fingerprint density at radius 2 is 1.85 bits per heavy atom. The minimum Gasteiger partial charge on any atom is -0.494 e. The highest BCUT2D eigenvalue weighted by Crippen LogP contribution is 2.26. The minimum absolute atomic E-state index is 0.0852. The first kappa shape index (κ1) is 36.3. The first-order chi connectivity index (χ1) is 23.0. The molecule has 2 amide bonds. The number of nitrogens with zero attached hydrogens (tertiary/aromatic N) is 3. The van der Waals surface area contributed by atoms with E-state index in [0.717, 1.165) is 42.5 Å². The predicted octanol–water partition coefficient (Wildman–Crippen LogP) is 1.22. The zero-order valence-electron chi connectivity index (χ0n) is 27.3. The van der Waals surface area contributed by atoms with Crippen LogP contribution in [0.3, 0.4) is 0 Å². The molecule has 0 saturated heterocycles. The average Bonchev–Trinajstić information content (AvgIpc) is 3.46. The van der Waals surface area contributed by atoms with Gasteiger partial charge in [-0.25, -0.2) is 8.42 Å². The molecule has 0 saturated carbocycles. The molecular formula is C32H44N8O7S. The largest absolute Gasteiger partial charge is 0.494 e. The van der Waals surface area contributed by atoms with Gasteiger partial charge in [0.2, 0.25) is 15.9 Å². The number of carboxylic acids is 1. The summed E-state index contributed by atoms with van der Waals surface area (Å²) >= 11 is 0. The van der Waals surface area contributed by atoms with E-state index in [0.29, 0.717) is 49.5 Å². The molecule has 48 heavy (non-hydrogen) atoms. The molecule has 0 fully saturated rings. The molecule has 7 N–H and O–H groups in total. The van der Waals surface area contributed by atoms with Crippen LogP contribution in [0.5, 0.6) is 5.75 Å². The van der Waals surface area contributed by atoms with E-state index in [-0.39, 0.29) is 29.4 Å². The van der Waals surface area contributed by atoms with Gasteiger partial charge >= 0.3 is 5.97 Å². The number of hydrogen-bond acceptors (Lipinski definition) is 10. The lowest BCUT2D eigenvalue weighted by Gasteiger charge is -2.19. The fraction of sp³-hybridized carbons (Fsp3) is 0.469. The fourth-order valence-electron chi connectivity index (χ4n) is 5.42. The topological polar surface area (TPSA) is 219 Å². The molecule has 1 aliphatic rings. The van der Waals surface area contributed by atoms with Crippen molar-refractivity contribution in [1.29, 1.82) is 0 Å². The molecule has 1 aromatic heterocycles. The summed E-state index contributed by atoms with van der Waals surface area (Å²) in [6.45, 7) is 5.78. The standard InChI is InChI=1S/C32H44N8O7S/c1-21-16-25(47-15-5-7-29(41)36-12-10-33)17-22(2)30(21)48(45,46)39-26(32(43)44)20-37-31(42)23-8-9-27-24(18-23)19-38-40(27)14-13-35-28-6-3-4-11-34-28/h8-9,16-19,26,39H,3-7,10-15,20,33H2,1-2H3,(H,34,35)(H,36,41)(H,37,42)(H,43,44). The molecule has 2 aromatic carbocycles. The van der Waals surface area contributed by atoms with Crippen molar-refractivity contribution in [3.63, 3.8) is 0 Å². The number of amides is 2. The average molecular weight is 685 g/mol. The molecule has 15 nitrogen and oxygen atoms in total. The number of benzene rings is 2. The van der Waals surface area contributed by atoms with Gasteiger partial charge in [0, 0.05) is 56.5 Å². The zero-order chi connectivity index (χ0) is 34.7. The van der Waals surface area contributed by atoms with E-state index in [1.807, 2.05) is 4.68 Å². The van der Waals surface area contributed by atoms with Crippen LogP contribution in [0.25, 0.3) is 10.9 Å². The summed E-state index contributed by atoms with van der Waals surface area (Å²) in [5, 5.41) is 23.5. The molecule has 4 rings (SSSR count). The monoisotopic (exact) mass is 684 g/mol. The van der Waals surface area contributed by atoms with Gasteiger partial charge in [0.05, 0.1) is 35.6 Å². The molecule has 1 aliphatic heterocycles. The number of aryl methyl sites for hydroxylation is 2. The molecule has 0 radical (unpaired) electrons. The number of carboxylic acid groups (broad SMARTS) is 1. The Hall–Kier alpha value is -4.54. The van der Waals surface area contributed by atoms with Crippen molar-refractivity contribution < 1.29 is 32.6 Å². The molecule has 0 aliphatic carbocycles. The molecule has 0 bridgehead atoms. The van der Waals surface area contributed by atoms with Crippen molar-refractivity contribution in [1.82, 2.24) is 30.5 Å². The number of hydrogen-bond donors (Lipinski definition) is 6. The number of rotatable bonds is 17. The summed E-state index contributed by atoms with van der Waals surface area (Å²) in [7, 11) is -4.31. The van der Waals surface area contributed by atoms with Gasteiger partial charge in [-0.05, 0) is 74.6 Å². The van der Waals surface area contributed by atoms with Gasteiger partial charge < -0.3 is 31.5 Å². The lowest BCUT2D eigenvalue weighted by Crippen LogP contribution is -2.48. The van der Waals surface area contributed by atoms with Crippen LogP contribution in [0, 0.1) is 13.8 Å². The second kappa shape index (κ2) is 17.0. The Bertz CT molecular complexity index is 1730. The van der Waals surface area contributed by atoms with Crippen LogP contribution in [-0.4, -0.2) is 92.3 Å². The summed E-state index contributed by atoms with van der Waals surface area (Å²) in [6, 6.07) is 6.47. The van der Waals surface area contributed by atoms with Crippen LogP contribution < -0.4 is 31.1 Å². The Kier molecular flexibility index (Phi) is 12.9. The van der Waals surface area contributed by atoms with Crippen LogP contribution in [0.2, 0.25) is 0 Å². The lowest BCUT2D eigenvalue weighted by molar-refractivity contribution is -0.138. The van der Waals surface area contributed by atoms with Gasteiger partial charge in [-0.3, -0.25) is 24.1 Å². The van der Waals surface area contributed by atoms with Crippen LogP contribution in [0.4, 0.5) is 0 Å². The Morgan fingerprint density at radius 3 is 2.54 bits per heavy atom. The third kappa shape index (κ3) is 9.98. The highest BCUT2D eigenvalue weighted by Gasteiger charge is 2.29. The van der Waals surface area contributed by atoms with Gasteiger partial charge in [-0.2, -0.15) is 9.82 Å². The third-order valence-corrected chi connectivity index (χ3v) is 9.51. The number of sulfonamides is 1. The highest BCUT2D eigenvalue weighted by molar-refractivity contribution is 7.89. The number of amidine groups is 1. The van der Waals surface area contributed by atoms with Crippen molar-refractivity contribution in [2.24, 2.45) is 10.7 Å². The van der Waals surface area contributed by atoms with Gasteiger partial charge in [0.1, 0.15) is 11.8 Å². The molecule has 0 spiro atoms. The maximum Gasteiger partial charge on any atom is 0.323 e. The van der Waals surface area contributed by atoms with Gasteiger partial charge in [-0.15, -0.1) is 0 Å². The molecule has 16 heteroatoms. The van der Waals surface area contributed by atoms with Crippen molar-refractivity contribution in [2.45, 2.75) is 63.4 Å². The normalized spacial score (nSPS) is 13.9. The molecule has 3 aromatic rings. The number of carbonyl (C=O) groups excluding carboxylic acids is 2. The number of aliphatic carboxylic acids is 1. The number of nitrogens with one attached hydrogen (secondary N) is 4. The van der Waals surface area contributed by atoms with Gasteiger partial charge in [0.25, 0.3) is 5.91 Å². The number of carbonyl (C=O) groups is 3. The summed E-state index contributed by atoms with van der Waals surface area (Å²) in [5.41, 5.74) is 7.18. The number of nitrogens with two attached hydrogens (primary N) is 1. The van der Waals surface area contributed by atoms with E-state index in [1.54, 1.807) is 38.2 Å². The second-order valence-corrected chi connectivity index (χ2v) is 13.2. The SMILES string of the molecule is Cc1cc(OCCCC(=O)NCCN)cc(C)c1S(=O)(=O)NC(CNC(=O)c1ccc2c(cnn2CCNC2=NCCCC2)c1)C(=O)O. The summed E-state index contributed by atoms with van der Waals surface area (Å²) < 4.78 is 36.4. The van der Waals surface area contributed by atoms with Gasteiger partial charge in [-0.1, -0.05) is 0 Å². The van der Waals surface area contributed by atoms with E-state index >= 15 is 0 Å². The Morgan fingerprint density at radius 1 is 1.08 bits per heavy atom. The van der Waals surface area contributed by atoms with Crippen molar-refractivity contribution >= 4 is 44.5 Å². The number of aliphatic imine (C=N–C) groups is 1. The Labute approximate surface area is 279 Å². The third-order valence-electron chi connectivity index (χ3n) is 7.73. The Balaban J connectivity index is 1.33. The molecule has 1 atom stereocenters. The molecular weight excluding hydrogens is 640 g/mol. The quantitative estimate of drug-likeness (QED) is 0.112. The van der Waals surface area contributed by atoms with E-state index in [2.05, 4.69) is 30.8 Å². The summed E-state index contributed by atoms with van der Waals surface area (Å²) in [4.78, 5) is 41.1. The smallest absolute Gasteiger partial charge is 0.323 e. The maximum atomic E-state index is 13.3. The number of ether oxygens (including phenoxy) is 1. The van der Waals surface area contributed by atoms with E-state index in [4.69, 9.17) is 10.5 Å². The first-order valence-corrected chi connectivity index (χ1v) is 17.4. The zero-order valence-corrected chi connectivity index (χ0v) is 28.1. The summed E-state index contributed by atoms with van der Waals surface area (Å²) in [6.07, 6.45) is 5.56. The predicted molar refractivity (Wildman–Crippen MR) is 181 cm³/mol. The first-order valence-electron chi connectivity index (χ1n) is 16.0. The van der Waals surface area contributed by atoms with Crippen LogP contribution in [0.15, 0.2) is 46.4 Å². The van der Waals surface area contributed by atoms with Crippen LogP contribution in [0.1, 0.15) is 53.6 Å². The van der Waals surface area contributed by atoms with E-state index in [1.165, 1.54) is 12.1 Å². The maximum absolute atomic E-state index is 13.3. The highest BCUT2D eigenvalue weighted by atomic mass is 32.2. The number of aromatic nitrogens is 2. The van der Waals surface area contributed by atoms with Crippen LogP contribution in [-0.2, 0) is 26.2 Å².